The Labute approximate surface area is 85.0 Å². The highest BCUT2D eigenvalue weighted by Gasteiger charge is 2.45. The Balaban J connectivity index is 2.55. The molecule has 0 aromatic carbocycles. The van der Waals surface area contributed by atoms with Crippen LogP contribution in [-0.4, -0.2) is 36.0 Å². The van der Waals surface area contributed by atoms with Crippen molar-refractivity contribution in [1.29, 1.82) is 0 Å². The summed E-state index contributed by atoms with van der Waals surface area (Å²) in [5, 5.41) is -1.32. The number of carbonyl (C=O) groups is 1. The van der Waals surface area contributed by atoms with E-state index >= 15 is 0 Å². The number of hydrogen-bond donors (Lipinski definition) is 0. The van der Waals surface area contributed by atoms with Crippen LogP contribution >= 0.6 is 11.6 Å². The van der Waals surface area contributed by atoms with Crippen LogP contribution in [0.3, 0.4) is 0 Å². The molecule has 14 heavy (non-hydrogen) atoms. The van der Waals surface area contributed by atoms with Crippen LogP contribution in [-0.2, 0) is 4.79 Å². The van der Waals surface area contributed by atoms with Gasteiger partial charge in [-0.1, -0.05) is 0 Å². The molecule has 1 saturated heterocycles. The lowest BCUT2D eigenvalue weighted by Gasteiger charge is -2.22. The highest BCUT2D eigenvalue weighted by atomic mass is 35.5. The molecule has 1 aliphatic heterocycles. The first kappa shape index (κ1) is 11.8. The van der Waals surface area contributed by atoms with E-state index in [0.717, 1.165) is 12.8 Å². The maximum Gasteiger partial charge on any atom is 0.401 e. The van der Waals surface area contributed by atoms with Gasteiger partial charge in [0.15, 0.2) is 0 Å². The van der Waals surface area contributed by atoms with Gasteiger partial charge in [0.05, 0.1) is 0 Å². The van der Waals surface area contributed by atoms with Crippen LogP contribution in [0.5, 0.6) is 0 Å². The second kappa shape index (κ2) is 4.49. The summed E-state index contributed by atoms with van der Waals surface area (Å²) in [7, 11) is 0. The summed E-state index contributed by atoms with van der Waals surface area (Å²) < 4.78 is 36.9. The van der Waals surface area contributed by atoms with Gasteiger partial charge in [0.25, 0.3) is 0 Å². The monoisotopic (exact) mass is 229 g/mol. The molecular weight excluding hydrogens is 219 g/mol. The van der Waals surface area contributed by atoms with Gasteiger partial charge in [0.1, 0.15) is 5.92 Å². The van der Waals surface area contributed by atoms with Crippen molar-refractivity contribution in [3.05, 3.63) is 0 Å². The molecule has 6 heteroatoms. The first-order valence-corrected chi connectivity index (χ1v) is 4.77. The van der Waals surface area contributed by atoms with Gasteiger partial charge in [-0.2, -0.15) is 13.2 Å². The summed E-state index contributed by atoms with van der Waals surface area (Å²) in [6.07, 6.45) is -2.75. The molecule has 1 aliphatic rings. The van der Waals surface area contributed by atoms with Gasteiger partial charge in [-0.05, 0) is 37.5 Å². The number of likely N-dealkylation sites (tertiary alicyclic amines) is 1. The smallest absolute Gasteiger partial charge is 0.302 e. The Kier molecular flexibility index (Phi) is 3.78. The summed E-state index contributed by atoms with van der Waals surface area (Å²) in [4.78, 5) is 12.2. The molecule has 0 aromatic rings. The molecule has 82 valence electrons. The highest BCUT2D eigenvalue weighted by Crippen LogP contribution is 2.29. The lowest BCUT2D eigenvalue weighted by atomic mass is 10.1. The zero-order valence-electron chi connectivity index (χ0n) is 7.48. The van der Waals surface area contributed by atoms with E-state index in [1.165, 1.54) is 0 Å². The van der Waals surface area contributed by atoms with Crippen LogP contribution in [0.2, 0.25) is 0 Å². The number of carbonyl (C=O) groups excluding carboxylic acids is 1. The second-order valence-electron chi connectivity index (χ2n) is 3.41. The van der Waals surface area contributed by atoms with Gasteiger partial charge in [0, 0.05) is 6.54 Å². The maximum absolute atomic E-state index is 12.3. The number of halogens is 4. The third kappa shape index (κ3) is 3.13. The molecule has 1 heterocycles. The van der Waals surface area contributed by atoms with E-state index in [0.29, 0.717) is 13.1 Å². The predicted molar refractivity (Wildman–Crippen MR) is 46.1 cm³/mol. The summed E-state index contributed by atoms with van der Waals surface area (Å²) in [5.41, 5.74) is 0. The molecule has 0 saturated carbocycles. The van der Waals surface area contributed by atoms with Gasteiger partial charge >= 0.3 is 6.18 Å². The van der Waals surface area contributed by atoms with Crippen LogP contribution in [0.15, 0.2) is 0 Å². The normalized spacial score (nSPS) is 21.1. The summed E-state index contributed by atoms with van der Waals surface area (Å²) in [5.74, 6) is -2.04. The van der Waals surface area contributed by atoms with Gasteiger partial charge in [-0.3, -0.25) is 4.79 Å². The fourth-order valence-corrected chi connectivity index (χ4v) is 1.72. The summed E-state index contributed by atoms with van der Waals surface area (Å²) in [6.45, 7) is 0.944. The minimum Gasteiger partial charge on any atom is -0.302 e. The standard InChI is InChI=1S/C8H11ClF3NO/c9-7(14)6(8(10,11)12)5-13-3-1-2-4-13/h6H,1-5H2. The summed E-state index contributed by atoms with van der Waals surface area (Å²) >= 11 is 4.92. The molecule has 0 bridgehead atoms. The Morgan fingerprint density at radius 3 is 2.21 bits per heavy atom. The molecule has 1 unspecified atom stereocenters. The van der Waals surface area contributed by atoms with Crippen molar-refractivity contribution in [3.8, 4) is 0 Å². The van der Waals surface area contributed by atoms with Crippen LogP contribution in [0, 0.1) is 5.92 Å². The number of rotatable bonds is 3. The first-order valence-electron chi connectivity index (χ1n) is 4.39. The number of alkyl halides is 3. The van der Waals surface area contributed by atoms with Crippen LogP contribution in [0.1, 0.15) is 12.8 Å². The van der Waals surface area contributed by atoms with E-state index in [-0.39, 0.29) is 6.54 Å². The molecular formula is C8H11ClF3NO. The first-order chi connectivity index (χ1) is 6.41. The quantitative estimate of drug-likeness (QED) is 0.691. The highest BCUT2D eigenvalue weighted by molar-refractivity contribution is 6.64. The Morgan fingerprint density at radius 2 is 1.86 bits per heavy atom. The Hall–Kier alpha value is -0.290. The summed E-state index contributed by atoms with van der Waals surface area (Å²) in [6, 6.07) is 0. The molecule has 0 aliphatic carbocycles. The van der Waals surface area contributed by atoms with Gasteiger partial charge in [-0.15, -0.1) is 0 Å². The molecule has 1 fully saturated rings. The molecule has 1 atom stereocenters. The fraction of sp³-hybridized carbons (Fsp3) is 0.875. The van der Waals surface area contributed by atoms with E-state index < -0.39 is 17.3 Å². The van der Waals surface area contributed by atoms with E-state index in [2.05, 4.69) is 0 Å². The molecule has 2 nitrogen and oxygen atoms in total. The Morgan fingerprint density at radius 1 is 1.36 bits per heavy atom. The third-order valence-corrected chi connectivity index (χ3v) is 2.57. The Bertz CT molecular complexity index is 213. The fourth-order valence-electron chi connectivity index (χ4n) is 1.53. The third-order valence-electron chi connectivity index (χ3n) is 2.31. The van der Waals surface area contributed by atoms with E-state index in [1.807, 2.05) is 0 Å². The SMILES string of the molecule is O=C(Cl)C(CN1CCCC1)C(F)(F)F. The molecule has 1 rings (SSSR count). The van der Waals surface area contributed by atoms with Crippen molar-refractivity contribution < 1.29 is 18.0 Å². The molecule has 0 aromatic heterocycles. The zero-order valence-corrected chi connectivity index (χ0v) is 8.24. The average Bonchev–Trinajstić information content (AvgIpc) is 2.48. The predicted octanol–water partition coefficient (Wildman–Crippen LogP) is 2.03. The lowest BCUT2D eigenvalue weighted by molar-refractivity contribution is -0.179. The molecule has 0 amide bonds. The van der Waals surface area contributed by atoms with Crippen molar-refractivity contribution in [3.63, 3.8) is 0 Å². The van der Waals surface area contributed by atoms with E-state index in [9.17, 15) is 18.0 Å². The lowest BCUT2D eigenvalue weighted by Crippen LogP contribution is -2.38. The van der Waals surface area contributed by atoms with Crippen molar-refractivity contribution in [1.82, 2.24) is 4.90 Å². The minimum atomic E-state index is -4.53. The van der Waals surface area contributed by atoms with Gasteiger partial charge in [-0.25, -0.2) is 0 Å². The second-order valence-corrected chi connectivity index (χ2v) is 3.78. The van der Waals surface area contributed by atoms with Crippen molar-refractivity contribution in [2.75, 3.05) is 19.6 Å². The topological polar surface area (TPSA) is 20.3 Å². The van der Waals surface area contributed by atoms with E-state index in [4.69, 9.17) is 11.6 Å². The van der Waals surface area contributed by atoms with E-state index in [1.54, 1.807) is 4.90 Å². The molecule has 0 radical (unpaired) electrons. The van der Waals surface area contributed by atoms with Gasteiger partial charge < -0.3 is 4.90 Å². The van der Waals surface area contributed by atoms with Crippen LogP contribution in [0.25, 0.3) is 0 Å². The average molecular weight is 230 g/mol. The van der Waals surface area contributed by atoms with Crippen molar-refractivity contribution >= 4 is 16.8 Å². The van der Waals surface area contributed by atoms with Crippen LogP contribution in [0.4, 0.5) is 13.2 Å². The zero-order chi connectivity index (χ0) is 10.8. The number of nitrogens with zero attached hydrogens (tertiary/aromatic N) is 1. The van der Waals surface area contributed by atoms with Gasteiger partial charge in [0.2, 0.25) is 5.24 Å². The maximum atomic E-state index is 12.3. The largest absolute Gasteiger partial charge is 0.401 e. The number of hydrogen-bond acceptors (Lipinski definition) is 2. The van der Waals surface area contributed by atoms with Crippen molar-refractivity contribution in [2.45, 2.75) is 19.0 Å². The molecule has 0 spiro atoms. The molecule has 0 N–H and O–H groups in total. The minimum absolute atomic E-state index is 0.300. The van der Waals surface area contributed by atoms with Crippen molar-refractivity contribution in [2.24, 2.45) is 5.92 Å². The van der Waals surface area contributed by atoms with Crippen LogP contribution < -0.4 is 0 Å².